The number of aliphatic carboxylic acids is 1. The first-order valence-corrected chi connectivity index (χ1v) is 6.33. The summed E-state index contributed by atoms with van der Waals surface area (Å²) in [4.78, 5) is 10.7. The number of ether oxygens (including phenoxy) is 1. The van der Waals surface area contributed by atoms with Crippen molar-refractivity contribution >= 4 is 5.97 Å². The molecule has 0 aliphatic carbocycles. The second-order valence-corrected chi connectivity index (χ2v) is 5.01. The first-order valence-electron chi connectivity index (χ1n) is 6.33. The van der Waals surface area contributed by atoms with Gasteiger partial charge in [-0.1, -0.05) is 0 Å². The van der Waals surface area contributed by atoms with E-state index in [-0.39, 0.29) is 18.1 Å². The molecule has 1 heterocycles. The molecule has 17 heavy (non-hydrogen) atoms. The second-order valence-electron chi connectivity index (χ2n) is 5.01. The van der Waals surface area contributed by atoms with Gasteiger partial charge in [-0.05, 0) is 33.2 Å². The molecular formula is C12H24N2O3. The van der Waals surface area contributed by atoms with Crippen LogP contribution < -0.4 is 10.6 Å². The second kappa shape index (κ2) is 6.93. The average molecular weight is 244 g/mol. The molecule has 1 saturated heterocycles. The number of rotatable bonds is 9. The van der Waals surface area contributed by atoms with Crippen molar-refractivity contribution in [3.63, 3.8) is 0 Å². The highest BCUT2D eigenvalue weighted by Crippen LogP contribution is 2.15. The van der Waals surface area contributed by atoms with Gasteiger partial charge < -0.3 is 20.5 Å². The van der Waals surface area contributed by atoms with Crippen molar-refractivity contribution in [2.45, 2.75) is 44.8 Å². The zero-order valence-corrected chi connectivity index (χ0v) is 10.8. The van der Waals surface area contributed by atoms with Crippen LogP contribution in [0.25, 0.3) is 0 Å². The smallest absolute Gasteiger partial charge is 0.305 e. The summed E-state index contributed by atoms with van der Waals surface area (Å²) >= 11 is 0. The van der Waals surface area contributed by atoms with Crippen LogP contribution in [-0.4, -0.2) is 49.0 Å². The average Bonchev–Trinajstić information content (AvgIpc) is 2.18. The van der Waals surface area contributed by atoms with Crippen molar-refractivity contribution in [3.05, 3.63) is 0 Å². The van der Waals surface area contributed by atoms with Crippen LogP contribution in [0.2, 0.25) is 0 Å². The highest BCUT2D eigenvalue weighted by Gasteiger charge is 2.38. The van der Waals surface area contributed by atoms with E-state index in [1.807, 2.05) is 13.8 Å². The summed E-state index contributed by atoms with van der Waals surface area (Å²) in [5, 5.41) is 15.3. The van der Waals surface area contributed by atoms with Gasteiger partial charge in [-0.25, -0.2) is 0 Å². The molecule has 3 N–H and O–H groups in total. The van der Waals surface area contributed by atoms with Gasteiger partial charge in [0.2, 0.25) is 0 Å². The molecule has 0 bridgehead atoms. The molecule has 0 radical (unpaired) electrons. The molecule has 0 aromatic carbocycles. The van der Waals surface area contributed by atoms with E-state index in [4.69, 9.17) is 9.84 Å². The van der Waals surface area contributed by atoms with Gasteiger partial charge in [0.05, 0.1) is 18.1 Å². The van der Waals surface area contributed by atoms with Crippen molar-refractivity contribution in [1.29, 1.82) is 0 Å². The van der Waals surface area contributed by atoms with Crippen molar-refractivity contribution in [3.8, 4) is 0 Å². The fourth-order valence-corrected chi connectivity index (χ4v) is 1.93. The Labute approximate surface area is 103 Å². The van der Waals surface area contributed by atoms with Gasteiger partial charge in [0.25, 0.3) is 0 Å². The molecular weight excluding hydrogens is 220 g/mol. The number of carboxylic acid groups (broad SMARTS) is 1. The molecule has 1 rings (SSSR count). The Hall–Kier alpha value is -0.650. The summed E-state index contributed by atoms with van der Waals surface area (Å²) < 4.78 is 5.44. The Morgan fingerprint density at radius 3 is 2.65 bits per heavy atom. The molecule has 0 amide bonds. The Morgan fingerprint density at radius 1 is 1.47 bits per heavy atom. The standard InChI is InChI=1S/C12H24N2O3/c1-10(2)17-6-4-3-5-14-12(7-11(15)16)8-13-9-12/h10,13-14H,3-9H2,1-2H3,(H,15,16). The normalized spacial score (nSPS) is 18.1. The third-order valence-corrected chi connectivity index (χ3v) is 2.94. The Balaban J connectivity index is 2.06. The molecule has 0 aromatic heterocycles. The van der Waals surface area contributed by atoms with Crippen LogP contribution in [-0.2, 0) is 9.53 Å². The Bertz CT molecular complexity index is 240. The lowest BCUT2D eigenvalue weighted by Gasteiger charge is -2.42. The van der Waals surface area contributed by atoms with Crippen LogP contribution in [0.1, 0.15) is 33.1 Å². The number of carboxylic acids is 1. The molecule has 1 aliphatic heterocycles. The molecule has 0 aromatic rings. The van der Waals surface area contributed by atoms with Crippen molar-refractivity contribution < 1.29 is 14.6 Å². The number of carbonyl (C=O) groups is 1. The molecule has 0 spiro atoms. The van der Waals surface area contributed by atoms with E-state index < -0.39 is 5.97 Å². The van der Waals surface area contributed by atoms with E-state index >= 15 is 0 Å². The van der Waals surface area contributed by atoms with Gasteiger partial charge >= 0.3 is 5.97 Å². The number of nitrogens with one attached hydrogen (secondary N) is 2. The lowest BCUT2D eigenvalue weighted by atomic mass is 9.88. The summed E-state index contributed by atoms with van der Waals surface area (Å²) in [7, 11) is 0. The fraction of sp³-hybridized carbons (Fsp3) is 0.917. The van der Waals surface area contributed by atoms with Gasteiger partial charge in [0.1, 0.15) is 0 Å². The van der Waals surface area contributed by atoms with Gasteiger partial charge in [-0.3, -0.25) is 4.79 Å². The van der Waals surface area contributed by atoms with Gasteiger partial charge in [-0.15, -0.1) is 0 Å². The lowest BCUT2D eigenvalue weighted by Crippen LogP contribution is -2.68. The number of unbranched alkanes of at least 4 members (excludes halogenated alkanes) is 1. The minimum atomic E-state index is -0.734. The summed E-state index contributed by atoms with van der Waals surface area (Å²) in [5.41, 5.74) is -0.218. The first-order chi connectivity index (χ1) is 8.04. The van der Waals surface area contributed by atoms with Crippen LogP contribution in [0.15, 0.2) is 0 Å². The lowest BCUT2D eigenvalue weighted by molar-refractivity contribution is -0.139. The molecule has 1 fully saturated rings. The minimum Gasteiger partial charge on any atom is -0.481 e. The third-order valence-electron chi connectivity index (χ3n) is 2.94. The monoisotopic (exact) mass is 244 g/mol. The maximum atomic E-state index is 10.7. The van der Waals surface area contributed by atoms with E-state index in [2.05, 4.69) is 10.6 Å². The molecule has 100 valence electrons. The zero-order valence-electron chi connectivity index (χ0n) is 10.8. The maximum Gasteiger partial charge on any atom is 0.305 e. The van der Waals surface area contributed by atoms with Gasteiger partial charge in [0.15, 0.2) is 0 Å². The van der Waals surface area contributed by atoms with E-state index in [9.17, 15) is 4.79 Å². The predicted molar refractivity (Wildman–Crippen MR) is 66.2 cm³/mol. The molecule has 5 heteroatoms. The molecule has 0 atom stereocenters. The van der Waals surface area contributed by atoms with Crippen molar-refractivity contribution in [2.24, 2.45) is 0 Å². The fourth-order valence-electron chi connectivity index (χ4n) is 1.93. The topological polar surface area (TPSA) is 70.6 Å². The number of hydrogen-bond donors (Lipinski definition) is 3. The minimum absolute atomic E-state index is 0.197. The van der Waals surface area contributed by atoms with Crippen LogP contribution in [0.3, 0.4) is 0 Å². The maximum absolute atomic E-state index is 10.7. The summed E-state index contributed by atoms with van der Waals surface area (Å²) in [6, 6.07) is 0. The summed E-state index contributed by atoms with van der Waals surface area (Å²) in [5.74, 6) is -0.734. The van der Waals surface area contributed by atoms with Crippen LogP contribution in [0.4, 0.5) is 0 Å². The van der Waals surface area contributed by atoms with Gasteiger partial charge in [-0.2, -0.15) is 0 Å². The first kappa shape index (κ1) is 14.4. The Kier molecular flexibility index (Phi) is 5.88. The van der Waals surface area contributed by atoms with Crippen molar-refractivity contribution in [1.82, 2.24) is 10.6 Å². The summed E-state index contributed by atoms with van der Waals surface area (Å²) in [6.45, 7) is 7.20. The highest BCUT2D eigenvalue weighted by atomic mass is 16.5. The zero-order chi connectivity index (χ0) is 12.7. The van der Waals surface area contributed by atoms with Crippen LogP contribution >= 0.6 is 0 Å². The quantitative estimate of drug-likeness (QED) is 0.518. The SMILES string of the molecule is CC(C)OCCCCNC1(CC(=O)O)CNC1. The van der Waals surface area contributed by atoms with E-state index in [0.29, 0.717) is 0 Å². The van der Waals surface area contributed by atoms with E-state index in [1.165, 1.54) is 0 Å². The third kappa shape index (κ3) is 5.48. The van der Waals surface area contributed by atoms with E-state index in [1.54, 1.807) is 0 Å². The molecule has 5 nitrogen and oxygen atoms in total. The van der Waals surface area contributed by atoms with Crippen LogP contribution in [0, 0.1) is 0 Å². The number of hydrogen-bond acceptors (Lipinski definition) is 4. The predicted octanol–water partition coefficient (Wildman–Crippen LogP) is 0.598. The molecule has 1 aliphatic rings. The van der Waals surface area contributed by atoms with Gasteiger partial charge in [0, 0.05) is 19.7 Å². The molecule has 0 unspecified atom stereocenters. The van der Waals surface area contributed by atoms with E-state index in [0.717, 1.165) is 39.1 Å². The van der Waals surface area contributed by atoms with Crippen LogP contribution in [0.5, 0.6) is 0 Å². The summed E-state index contributed by atoms with van der Waals surface area (Å²) in [6.07, 6.45) is 2.52. The Morgan fingerprint density at radius 2 is 2.18 bits per heavy atom. The largest absolute Gasteiger partial charge is 0.481 e. The molecule has 0 saturated carbocycles. The highest BCUT2D eigenvalue weighted by molar-refractivity contribution is 5.68. The van der Waals surface area contributed by atoms with Crippen molar-refractivity contribution in [2.75, 3.05) is 26.2 Å².